The van der Waals surface area contributed by atoms with Gasteiger partial charge >= 0.3 is 0 Å². The van der Waals surface area contributed by atoms with Crippen LogP contribution in [0.4, 0.5) is 0 Å². The van der Waals surface area contributed by atoms with Crippen LogP contribution in [0.25, 0.3) is 0 Å². The van der Waals surface area contributed by atoms with E-state index in [1.807, 2.05) is 20.8 Å². The first-order chi connectivity index (χ1) is 6.52. The second kappa shape index (κ2) is 4.78. The van der Waals surface area contributed by atoms with Gasteiger partial charge in [-0.1, -0.05) is 20.8 Å². The Hall–Kier alpha value is -0.570. The molecule has 0 aliphatic heterocycles. The quantitative estimate of drug-likeness (QED) is 0.720. The number of carbonyl (C=O) groups excluding carboxylic acids is 1. The van der Waals surface area contributed by atoms with Gasteiger partial charge in [0, 0.05) is 5.92 Å². The summed E-state index contributed by atoms with van der Waals surface area (Å²) in [5.74, 6) is 0.460. The summed E-state index contributed by atoms with van der Waals surface area (Å²) in [5.41, 5.74) is 0. The van der Waals surface area contributed by atoms with Crippen molar-refractivity contribution in [3.8, 4) is 0 Å². The normalized spacial score (nSPS) is 29.2. The Kier molecular flexibility index (Phi) is 3.93. The molecule has 1 aliphatic rings. The monoisotopic (exact) mass is 199 g/mol. The van der Waals surface area contributed by atoms with Crippen molar-refractivity contribution in [1.82, 2.24) is 5.32 Å². The fraction of sp³-hybridized carbons (Fsp3) is 0.909. The fourth-order valence-electron chi connectivity index (χ4n) is 1.73. The molecule has 82 valence electrons. The third kappa shape index (κ3) is 2.71. The molecular weight excluding hydrogens is 178 g/mol. The Labute approximate surface area is 85.9 Å². The second-order valence-electron chi connectivity index (χ2n) is 4.65. The molecule has 1 amide bonds. The van der Waals surface area contributed by atoms with Crippen molar-refractivity contribution in [2.75, 3.05) is 0 Å². The highest BCUT2D eigenvalue weighted by atomic mass is 16.3. The summed E-state index contributed by atoms with van der Waals surface area (Å²) in [6.07, 6.45) is 2.42. The van der Waals surface area contributed by atoms with Gasteiger partial charge in [-0.05, 0) is 25.2 Å². The van der Waals surface area contributed by atoms with Gasteiger partial charge in [0.1, 0.15) is 0 Å². The van der Waals surface area contributed by atoms with Gasteiger partial charge in [-0.15, -0.1) is 0 Å². The highest BCUT2D eigenvalue weighted by molar-refractivity contribution is 5.78. The van der Waals surface area contributed by atoms with Crippen molar-refractivity contribution in [3.63, 3.8) is 0 Å². The van der Waals surface area contributed by atoms with Crippen molar-refractivity contribution >= 4 is 5.91 Å². The van der Waals surface area contributed by atoms with Crippen molar-refractivity contribution in [2.24, 2.45) is 11.8 Å². The minimum absolute atomic E-state index is 0.0105. The van der Waals surface area contributed by atoms with Crippen LogP contribution >= 0.6 is 0 Å². The zero-order valence-electron chi connectivity index (χ0n) is 9.29. The molecule has 0 aromatic rings. The van der Waals surface area contributed by atoms with Crippen LogP contribution in [-0.4, -0.2) is 23.2 Å². The molecule has 3 heteroatoms. The van der Waals surface area contributed by atoms with Crippen molar-refractivity contribution in [1.29, 1.82) is 0 Å². The van der Waals surface area contributed by atoms with E-state index >= 15 is 0 Å². The molecule has 0 heterocycles. The summed E-state index contributed by atoms with van der Waals surface area (Å²) in [5, 5.41) is 12.5. The predicted molar refractivity (Wildman–Crippen MR) is 55.8 cm³/mol. The highest BCUT2D eigenvalue weighted by Crippen LogP contribution is 2.20. The second-order valence-corrected chi connectivity index (χ2v) is 4.65. The maximum atomic E-state index is 11.7. The molecule has 0 bridgehead atoms. The first-order valence-electron chi connectivity index (χ1n) is 5.50. The number of rotatable bonds is 3. The average molecular weight is 199 g/mol. The molecule has 0 radical (unpaired) electrons. The van der Waals surface area contributed by atoms with E-state index in [4.69, 9.17) is 0 Å². The lowest BCUT2D eigenvalue weighted by molar-refractivity contribution is -0.127. The summed E-state index contributed by atoms with van der Waals surface area (Å²) in [6.45, 7) is 6.01. The summed E-state index contributed by atoms with van der Waals surface area (Å²) in [6, 6.07) is -0.0105. The number of aliphatic hydroxyl groups excluding tert-OH is 1. The number of nitrogens with one attached hydrogen (secondary N) is 1. The van der Waals surface area contributed by atoms with Gasteiger partial charge in [0.05, 0.1) is 12.1 Å². The summed E-state index contributed by atoms with van der Waals surface area (Å²) in [4.78, 5) is 11.7. The molecule has 3 nitrogen and oxygen atoms in total. The molecule has 0 spiro atoms. The highest BCUT2D eigenvalue weighted by Gasteiger charge is 2.28. The van der Waals surface area contributed by atoms with Crippen molar-refractivity contribution < 1.29 is 9.90 Å². The topological polar surface area (TPSA) is 49.3 Å². The minimum atomic E-state index is -0.335. The maximum Gasteiger partial charge on any atom is 0.223 e. The number of amides is 1. The van der Waals surface area contributed by atoms with E-state index in [2.05, 4.69) is 5.32 Å². The number of carbonyl (C=O) groups is 1. The standard InChI is InChI=1S/C11H21NO2/c1-7(2)8(3)11(14)12-9-5-4-6-10(9)13/h7-10,13H,4-6H2,1-3H3,(H,12,14). The lowest BCUT2D eigenvalue weighted by atomic mass is 9.97. The predicted octanol–water partition coefficient (Wildman–Crippen LogP) is 1.31. The van der Waals surface area contributed by atoms with Crippen LogP contribution in [-0.2, 0) is 4.79 Å². The van der Waals surface area contributed by atoms with E-state index in [1.165, 1.54) is 0 Å². The third-order valence-corrected chi connectivity index (χ3v) is 3.22. The third-order valence-electron chi connectivity index (χ3n) is 3.22. The lowest BCUT2D eigenvalue weighted by Gasteiger charge is -2.21. The molecule has 3 atom stereocenters. The van der Waals surface area contributed by atoms with Crippen LogP contribution in [0.2, 0.25) is 0 Å². The van der Waals surface area contributed by atoms with E-state index in [0.29, 0.717) is 5.92 Å². The van der Waals surface area contributed by atoms with Gasteiger partial charge in [-0.25, -0.2) is 0 Å². The number of aliphatic hydroxyl groups is 1. The Morgan fingerprint density at radius 1 is 1.36 bits per heavy atom. The molecule has 1 rings (SSSR count). The molecular formula is C11H21NO2. The van der Waals surface area contributed by atoms with Gasteiger partial charge in [0.2, 0.25) is 5.91 Å². The Morgan fingerprint density at radius 3 is 2.43 bits per heavy atom. The van der Waals surface area contributed by atoms with Crippen LogP contribution in [0.1, 0.15) is 40.0 Å². The smallest absolute Gasteiger partial charge is 0.223 e. The van der Waals surface area contributed by atoms with E-state index in [1.54, 1.807) is 0 Å². The van der Waals surface area contributed by atoms with Crippen LogP contribution in [0, 0.1) is 11.8 Å². The first kappa shape index (κ1) is 11.5. The van der Waals surface area contributed by atoms with Gasteiger partial charge < -0.3 is 10.4 Å². The molecule has 14 heavy (non-hydrogen) atoms. The maximum absolute atomic E-state index is 11.7. The molecule has 0 aromatic heterocycles. The first-order valence-corrected chi connectivity index (χ1v) is 5.50. The Bertz CT molecular complexity index is 203. The zero-order valence-corrected chi connectivity index (χ0v) is 9.29. The average Bonchev–Trinajstić information content (AvgIpc) is 2.50. The minimum Gasteiger partial charge on any atom is -0.391 e. The Balaban J connectivity index is 2.40. The van der Waals surface area contributed by atoms with E-state index in [-0.39, 0.29) is 24.0 Å². The molecule has 0 aromatic carbocycles. The van der Waals surface area contributed by atoms with Crippen LogP contribution < -0.4 is 5.32 Å². The van der Waals surface area contributed by atoms with Crippen LogP contribution in [0.15, 0.2) is 0 Å². The molecule has 1 aliphatic carbocycles. The van der Waals surface area contributed by atoms with E-state index in [0.717, 1.165) is 19.3 Å². The van der Waals surface area contributed by atoms with E-state index in [9.17, 15) is 9.90 Å². The van der Waals surface area contributed by atoms with Crippen LogP contribution in [0.3, 0.4) is 0 Å². The lowest BCUT2D eigenvalue weighted by Crippen LogP contribution is -2.43. The largest absolute Gasteiger partial charge is 0.391 e. The van der Waals surface area contributed by atoms with Crippen molar-refractivity contribution in [2.45, 2.75) is 52.2 Å². The zero-order chi connectivity index (χ0) is 10.7. The SMILES string of the molecule is CC(C)C(C)C(=O)NC1CCCC1O. The van der Waals surface area contributed by atoms with Gasteiger partial charge in [-0.2, -0.15) is 0 Å². The fourth-order valence-corrected chi connectivity index (χ4v) is 1.73. The number of hydrogen-bond donors (Lipinski definition) is 2. The molecule has 3 unspecified atom stereocenters. The molecule has 0 saturated heterocycles. The summed E-state index contributed by atoms with van der Waals surface area (Å²) in [7, 11) is 0. The molecule has 1 saturated carbocycles. The molecule has 1 fully saturated rings. The summed E-state index contributed by atoms with van der Waals surface area (Å²) < 4.78 is 0. The van der Waals surface area contributed by atoms with Gasteiger partial charge in [0.15, 0.2) is 0 Å². The van der Waals surface area contributed by atoms with Crippen molar-refractivity contribution in [3.05, 3.63) is 0 Å². The molecule has 2 N–H and O–H groups in total. The van der Waals surface area contributed by atoms with Gasteiger partial charge in [-0.3, -0.25) is 4.79 Å². The van der Waals surface area contributed by atoms with E-state index < -0.39 is 0 Å². The van der Waals surface area contributed by atoms with Crippen LogP contribution in [0.5, 0.6) is 0 Å². The summed E-state index contributed by atoms with van der Waals surface area (Å²) >= 11 is 0. The number of hydrogen-bond acceptors (Lipinski definition) is 2. The Morgan fingerprint density at radius 2 is 2.00 bits per heavy atom. The van der Waals surface area contributed by atoms with Gasteiger partial charge in [0.25, 0.3) is 0 Å².